The van der Waals surface area contributed by atoms with Gasteiger partial charge in [0, 0.05) is 28.2 Å². The van der Waals surface area contributed by atoms with Crippen molar-refractivity contribution in [2.24, 2.45) is 5.10 Å². The van der Waals surface area contributed by atoms with Crippen LogP contribution in [0.25, 0.3) is 0 Å². The Hall–Kier alpha value is -4.17. The highest BCUT2D eigenvalue weighted by molar-refractivity contribution is 9.10. The van der Waals surface area contributed by atoms with Gasteiger partial charge in [0.05, 0.1) is 16.1 Å². The molecule has 0 unspecified atom stereocenters. The van der Waals surface area contributed by atoms with Gasteiger partial charge in [0.1, 0.15) is 10.5 Å². The summed E-state index contributed by atoms with van der Waals surface area (Å²) in [6, 6.07) is 13.7. The number of nitrogens with one attached hydrogen (secondary N) is 1. The summed E-state index contributed by atoms with van der Waals surface area (Å²) in [5, 5.41) is 25.6. The minimum Gasteiger partial charge on any atom is -0.378 e. The van der Waals surface area contributed by atoms with Crippen LogP contribution in [0.3, 0.4) is 0 Å². The first-order valence-corrected chi connectivity index (χ1v) is 11.3. The van der Waals surface area contributed by atoms with Crippen molar-refractivity contribution in [1.29, 1.82) is 0 Å². The molecule has 3 aromatic rings. The molecule has 0 aromatic heterocycles. The molecule has 0 aliphatic rings. The van der Waals surface area contributed by atoms with Gasteiger partial charge in [0.25, 0.3) is 17.3 Å². The van der Waals surface area contributed by atoms with Crippen molar-refractivity contribution in [2.75, 3.05) is 0 Å². The van der Waals surface area contributed by atoms with Crippen LogP contribution >= 0.6 is 15.9 Å². The van der Waals surface area contributed by atoms with Gasteiger partial charge in [-0.15, -0.1) is 0 Å². The molecule has 0 saturated heterocycles. The Morgan fingerprint density at radius 2 is 1.68 bits per heavy atom. The molecule has 174 valence electrons. The van der Waals surface area contributed by atoms with Crippen LogP contribution in [0.2, 0.25) is 0 Å². The molecule has 14 heteroatoms. The number of carbonyl (C=O) groups is 1. The third kappa shape index (κ3) is 5.79. The zero-order chi connectivity index (χ0) is 24.9. The van der Waals surface area contributed by atoms with E-state index in [1.165, 1.54) is 42.5 Å². The fourth-order valence-electron chi connectivity index (χ4n) is 2.64. The lowest BCUT2D eigenvalue weighted by Crippen LogP contribution is -2.19. The fraction of sp³-hybridized carbons (Fsp3) is 0. The molecule has 34 heavy (non-hydrogen) atoms. The van der Waals surface area contributed by atoms with E-state index in [1.54, 1.807) is 0 Å². The average Bonchev–Trinajstić information content (AvgIpc) is 2.80. The Morgan fingerprint density at radius 3 is 2.32 bits per heavy atom. The number of non-ortho nitro benzene ring substituents is 1. The van der Waals surface area contributed by atoms with Crippen LogP contribution in [0.4, 0.5) is 11.4 Å². The molecule has 0 saturated carbocycles. The standard InChI is InChI=1S/C20H13BrN4O8S/c21-14-5-10-19(33-34(31,32)16-8-6-15(7-9-16)24(27)28)13(11-14)12-22-23-20(26)17-3-1-2-4-18(17)25(29)30/h1-12H,(H,23,26)/b22-12-. The van der Waals surface area contributed by atoms with Gasteiger partial charge >= 0.3 is 10.1 Å². The highest BCUT2D eigenvalue weighted by Crippen LogP contribution is 2.26. The minimum atomic E-state index is -4.35. The van der Waals surface area contributed by atoms with Gasteiger partial charge in [-0.3, -0.25) is 25.0 Å². The van der Waals surface area contributed by atoms with Crippen LogP contribution in [0.15, 0.2) is 81.2 Å². The summed E-state index contributed by atoms with van der Waals surface area (Å²) >= 11 is 3.23. The monoisotopic (exact) mass is 548 g/mol. The van der Waals surface area contributed by atoms with E-state index in [9.17, 15) is 33.4 Å². The van der Waals surface area contributed by atoms with E-state index >= 15 is 0 Å². The molecule has 3 rings (SSSR count). The van der Waals surface area contributed by atoms with E-state index in [1.807, 2.05) is 0 Å². The molecule has 0 bridgehead atoms. The summed E-state index contributed by atoms with van der Waals surface area (Å²) in [6.07, 6.45) is 1.10. The number of nitro groups is 2. The molecule has 1 amide bonds. The van der Waals surface area contributed by atoms with Crippen molar-refractivity contribution in [3.8, 4) is 5.75 Å². The molecule has 0 atom stereocenters. The van der Waals surface area contributed by atoms with Crippen LogP contribution in [0.5, 0.6) is 5.75 Å². The average molecular weight is 549 g/mol. The number of para-hydroxylation sites is 1. The Bertz CT molecular complexity index is 1410. The first-order chi connectivity index (χ1) is 16.1. The van der Waals surface area contributed by atoms with E-state index in [2.05, 4.69) is 26.5 Å². The molecule has 0 heterocycles. The lowest BCUT2D eigenvalue weighted by atomic mass is 10.2. The molecule has 0 radical (unpaired) electrons. The Balaban J connectivity index is 1.82. The highest BCUT2D eigenvalue weighted by Gasteiger charge is 2.21. The van der Waals surface area contributed by atoms with E-state index in [0.717, 1.165) is 30.5 Å². The van der Waals surface area contributed by atoms with Crippen molar-refractivity contribution in [3.63, 3.8) is 0 Å². The maximum Gasteiger partial charge on any atom is 0.339 e. The van der Waals surface area contributed by atoms with Crippen LogP contribution in [-0.2, 0) is 10.1 Å². The molecule has 0 aliphatic carbocycles. The number of amides is 1. The zero-order valence-corrected chi connectivity index (χ0v) is 19.2. The van der Waals surface area contributed by atoms with Gasteiger partial charge in [-0.1, -0.05) is 28.1 Å². The summed E-state index contributed by atoms with van der Waals surface area (Å²) < 4.78 is 30.9. The van der Waals surface area contributed by atoms with E-state index in [-0.39, 0.29) is 27.5 Å². The fourth-order valence-corrected chi connectivity index (χ4v) is 3.98. The number of nitrogens with zero attached hydrogens (tertiary/aromatic N) is 3. The van der Waals surface area contributed by atoms with Gasteiger partial charge < -0.3 is 4.18 Å². The lowest BCUT2D eigenvalue weighted by Gasteiger charge is -2.10. The van der Waals surface area contributed by atoms with Crippen LogP contribution in [0.1, 0.15) is 15.9 Å². The summed E-state index contributed by atoms with van der Waals surface area (Å²) in [5.41, 5.74) is 1.38. The van der Waals surface area contributed by atoms with E-state index in [0.29, 0.717) is 4.47 Å². The number of benzene rings is 3. The maximum atomic E-state index is 12.6. The van der Waals surface area contributed by atoms with Crippen LogP contribution in [0, 0.1) is 20.2 Å². The van der Waals surface area contributed by atoms with Crippen molar-refractivity contribution in [1.82, 2.24) is 5.43 Å². The van der Waals surface area contributed by atoms with Gasteiger partial charge in [-0.25, -0.2) is 5.43 Å². The molecule has 0 spiro atoms. The SMILES string of the molecule is O=C(N/N=C\c1cc(Br)ccc1OS(=O)(=O)c1ccc([N+](=O)[O-])cc1)c1ccccc1[N+](=O)[O-]. The predicted octanol–water partition coefficient (Wildman–Crippen LogP) is 3.80. The summed E-state index contributed by atoms with van der Waals surface area (Å²) in [5.74, 6) is -0.996. The number of rotatable bonds is 8. The number of nitro benzene ring substituents is 2. The molecule has 0 aliphatic heterocycles. The topological polar surface area (TPSA) is 171 Å². The first-order valence-electron chi connectivity index (χ1n) is 9.14. The maximum absolute atomic E-state index is 12.6. The first kappa shape index (κ1) is 24.5. The second-order valence-electron chi connectivity index (χ2n) is 6.44. The number of hydrazone groups is 1. The Morgan fingerprint density at radius 1 is 1.00 bits per heavy atom. The van der Waals surface area contributed by atoms with Gasteiger partial charge in [-0.2, -0.15) is 13.5 Å². The molecule has 3 aromatic carbocycles. The molecule has 0 fully saturated rings. The second kappa shape index (κ2) is 10.2. The smallest absolute Gasteiger partial charge is 0.339 e. The van der Waals surface area contributed by atoms with E-state index < -0.39 is 31.6 Å². The van der Waals surface area contributed by atoms with Crippen molar-refractivity contribution < 1.29 is 27.2 Å². The van der Waals surface area contributed by atoms with Gasteiger partial charge in [-0.05, 0) is 36.4 Å². The summed E-state index contributed by atoms with van der Waals surface area (Å²) in [6.45, 7) is 0. The third-order valence-corrected chi connectivity index (χ3v) is 5.96. The number of hydrogen-bond acceptors (Lipinski definition) is 9. The quantitative estimate of drug-likeness (QED) is 0.191. The van der Waals surface area contributed by atoms with Crippen LogP contribution < -0.4 is 9.61 Å². The largest absolute Gasteiger partial charge is 0.378 e. The van der Waals surface area contributed by atoms with Gasteiger partial charge in [0.2, 0.25) is 0 Å². The van der Waals surface area contributed by atoms with Crippen molar-refractivity contribution in [2.45, 2.75) is 4.90 Å². The normalized spacial score (nSPS) is 11.2. The number of halogens is 1. The molecular formula is C20H13BrN4O8S. The molecular weight excluding hydrogens is 536 g/mol. The van der Waals surface area contributed by atoms with Gasteiger partial charge in [0.15, 0.2) is 5.75 Å². The van der Waals surface area contributed by atoms with Crippen molar-refractivity contribution >= 4 is 49.5 Å². The predicted molar refractivity (Wildman–Crippen MR) is 123 cm³/mol. The highest BCUT2D eigenvalue weighted by atomic mass is 79.9. The summed E-state index contributed by atoms with van der Waals surface area (Å²) in [7, 11) is -4.35. The lowest BCUT2D eigenvalue weighted by molar-refractivity contribution is -0.385. The Kier molecular flexibility index (Phi) is 7.33. The minimum absolute atomic E-state index is 0.141. The number of carbonyl (C=O) groups excluding carboxylic acids is 1. The Labute approximate surface area is 200 Å². The van der Waals surface area contributed by atoms with Crippen LogP contribution in [-0.4, -0.2) is 30.4 Å². The number of hydrogen-bond donors (Lipinski definition) is 1. The van der Waals surface area contributed by atoms with Crippen molar-refractivity contribution in [3.05, 3.63) is 103 Å². The second-order valence-corrected chi connectivity index (χ2v) is 8.91. The third-order valence-electron chi connectivity index (χ3n) is 4.22. The molecule has 1 N–H and O–H groups in total. The zero-order valence-electron chi connectivity index (χ0n) is 16.8. The van der Waals surface area contributed by atoms with E-state index in [4.69, 9.17) is 4.18 Å². The molecule has 12 nitrogen and oxygen atoms in total. The summed E-state index contributed by atoms with van der Waals surface area (Å²) in [4.78, 5) is 32.4.